The first-order chi connectivity index (χ1) is 8.54. The van der Waals surface area contributed by atoms with Crippen molar-refractivity contribution in [2.45, 2.75) is 19.4 Å². The third-order valence-corrected chi connectivity index (χ3v) is 3.27. The summed E-state index contributed by atoms with van der Waals surface area (Å²) in [5.74, 6) is 0.801. The minimum atomic E-state index is 0. The number of amides is 1. The molecule has 0 radical (unpaired) electrons. The zero-order valence-electron chi connectivity index (χ0n) is 11.1. The molecule has 0 saturated heterocycles. The fourth-order valence-corrected chi connectivity index (χ4v) is 1.77. The molecule has 1 unspecified atom stereocenters. The third kappa shape index (κ3) is 6.27. The van der Waals surface area contributed by atoms with Gasteiger partial charge >= 0.3 is 0 Å². The maximum Gasteiger partial charge on any atom is 0.226 e. The number of hydrogen-bond acceptors (Lipinski definition) is 3. The first-order valence-electron chi connectivity index (χ1n) is 5.88. The van der Waals surface area contributed by atoms with E-state index < -0.39 is 0 Å². The Morgan fingerprint density at radius 2 is 2.21 bits per heavy atom. The molecule has 0 fully saturated rings. The van der Waals surface area contributed by atoms with Crippen LogP contribution < -0.4 is 10.5 Å². The number of ether oxygens (including phenoxy) is 1. The van der Waals surface area contributed by atoms with Crippen molar-refractivity contribution in [1.82, 2.24) is 4.90 Å². The van der Waals surface area contributed by atoms with Crippen molar-refractivity contribution < 1.29 is 9.53 Å². The van der Waals surface area contributed by atoms with Crippen LogP contribution in [0.2, 0.25) is 0 Å². The summed E-state index contributed by atoms with van der Waals surface area (Å²) in [6, 6.07) is 7.61. The summed E-state index contributed by atoms with van der Waals surface area (Å²) in [5, 5.41) is 0. The number of benzene rings is 1. The van der Waals surface area contributed by atoms with Crippen molar-refractivity contribution in [3.8, 4) is 5.75 Å². The summed E-state index contributed by atoms with van der Waals surface area (Å²) in [7, 11) is 1.76. The summed E-state index contributed by atoms with van der Waals surface area (Å²) in [6.07, 6.45) is 0.355. The van der Waals surface area contributed by atoms with E-state index in [0.29, 0.717) is 19.6 Å². The standard InChI is InChI=1S/C13H19BrN2O2.ClH/c1-10(9-15)16(2)13(17)6-7-18-12-5-3-4-11(14)8-12;/h3-5,8,10H,6-7,9,15H2,1-2H3;1H. The monoisotopic (exact) mass is 350 g/mol. The molecular weight excluding hydrogens is 332 g/mol. The van der Waals surface area contributed by atoms with Gasteiger partial charge in [0.05, 0.1) is 13.0 Å². The van der Waals surface area contributed by atoms with Gasteiger partial charge in [0.25, 0.3) is 0 Å². The Bertz CT molecular complexity index is 404. The molecule has 1 atom stereocenters. The van der Waals surface area contributed by atoms with Crippen LogP contribution in [0.1, 0.15) is 13.3 Å². The van der Waals surface area contributed by atoms with E-state index in [1.54, 1.807) is 11.9 Å². The molecule has 0 heterocycles. The van der Waals surface area contributed by atoms with Crippen LogP contribution in [0.3, 0.4) is 0 Å². The predicted molar refractivity (Wildman–Crippen MR) is 82.8 cm³/mol. The van der Waals surface area contributed by atoms with Gasteiger partial charge in [-0.2, -0.15) is 0 Å². The van der Waals surface area contributed by atoms with Gasteiger partial charge in [-0.3, -0.25) is 4.79 Å². The quantitative estimate of drug-likeness (QED) is 0.856. The van der Waals surface area contributed by atoms with Crippen LogP contribution in [0.4, 0.5) is 0 Å². The molecule has 19 heavy (non-hydrogen) atoms. The molecule has 1 amide bonds. The highest BCUT2D eigenvalue weighted by molar-refractivity contribution is 9.10. The van der Waals surface area contributed by atoms with E-state index in [2.05, 4.69) is 15.9 Å². The van der Waals surface area contributed by atoms with E-state index in [0.717, 1.165) is 10.2 Å². The maximum absolute atomic E-state index is 11.8. The summed E-state index contributed by atoms with van der Waals surface area (Å²) in [5.41, 5.74) is 5.52. The second-order valence-electron chi connectivity index (χ2n) is 4.15. The molecule has 2 N–H and O–H groups in total. The highest BCUT2D eigenvalue weighted by Gasteiger charge is 2.13. The molecule has 1 aromatic carbocycles. The van der Waals surface area contributed by atoms with Crippen molar-refractivity contribution in [2.75, 3.05) is 20.2 Å². The normalized spacial score (nSPS) is 11.4. The molecule has 0 bridgehead atoms. The van der Waals surface area contributed by atoms with Crippen molar-refractivity contribution in [3.05, 3.63) is 28.7 Å². The van der Waals surface area contributed by atoms with Crippen molar-refractivity contribution >= 4 is 34.2 Å². The van der Waals surface area contributed by atoms with E-state index in [1.807, 2.05) is 31.2 Å². The van der Waals surface area contributed by atoms with E-state index in [-0.39, 0.29) is 24.4 Å². The van der Waals surface area contributed by atoms with Crippen molar-refractivity contribution in [3.63, 3.8) is 0 Å². The number of hydrogen-bond donors (Lipinski definition) is 1. The average molecular weight is 352 g/mol. The van der Waals surface area contributed by atoms with Crippen LogP contribution in [0.15, 0.2) is 28.7 Å². The topological polar surface area (TPSA) is 55.6 Å². The Morgan fingerprint density at radius 1 is 1.53 bits per heavy atom. The number of halogens is 2. The first-order valence-corrected chi connectivity index (χ1v) is 6.68. The van der Waals surface area contributed by atoms with Gasteiger partial charge in [-0.1, -0.05) is 22.0 Å². The summed E-state index contributed by atoms with van der Waals surface area (Å²) < 4.78 is 6.47. The molecule has 1 rings (SSSR count). The Labute approximate surface area is 128 Å². The molecule has 6 heteroatoms. The summed E-state index contributed by atoms with van der Waals surface area (Å²) in [4.78, 5) is 13.4. The molecule has 0 saturated carbocycles. The number of carbonyl (C=O) groups excluding carboxylic acids is 1. The van der Waals surface area contributed by atoms with Gasteiger partial charge in [0.1, 0.15) is 5.75 Å². The lowest BCUT2D eigenvalue weighted by Gasteiger charge is -2.23. The molecule has 4 nitrogen and oxygen atoms in total. The van der Waals surface area contributed by atoms with Crippen LogP contribution in [-0.2, 0) is 4.79 Å². The Morgan fingerprint density at radius 3 is 2.79 bits per heavy atom. The largest absolute Gasteiger partial charge is 0.493 e. The zero-order valence-corrected chi connectivity index (χ0v) is 13.5. The molecule has 0 aromatic heterocycles. The minimum absolute atomic E-state index is 0. The van der Waals surface area contributed by atoms with Crippen LogP contribution in [-0.4, -0.2) is 37.0 Å². The number of nitrogens with zero attached hydrogens (tertiary/aromatic N) is 1. The van der Waals surface area contributed by atoms with E-state index in [4.69, 9.17) is 10.5 Å². The smallest absolute Gasteiger partial charge is 0.226 e. The zero-order chi connectivity index (χ0) is 13.5. The number of nitrogens with two attached hydrogens (primary N) is 1. The highest BCUT2D eigenvalue weighted by Crippen LogP contribution is 2.17. The van der Waals surface area contributed by atoms with Gasteiger partial charge in [0.15, 0.2) is 0 Å². The Balaban J connectivity index is 0.00000324. The fraction of sp³-hybridized carbons (Fsp3) is 0.462. The molecular formula is C13H20BrClN2O2. The van der Waals surface area contributed by atoms with Gasteiger partial charge in [0, 0.05) is 24.1 Å². The Hall–Kier alpha value is -0.780. The average Bonchev–Trinajstić information content (AvgIpc) is 2.36. The van der Waals surface area contributed by atoms with E-state index in [1.165, 1.54) is 0 Å². The SMILES string of the molecule is CC(CN)N(C)C(=O)CCOc1cccc(Br)c1.Cl. The summed E-state index contributed by atoms with van der Waals surface area (Å²) in [6.45, 7) is 2.76. The second kappa shape index (κ2) is 9.18. The fourth-order valence-electron chi connectivity index (χ4n) is 1.39. The van der Waals surface area contributed by atoms with Gasteiger partial charge in [0.2, 0.25) is 5.91 Å². The van der Waals surface area contributed by atoms with Crippen LogP contribution in [0, 0.1) is 0 Å². The van der Waals surface area contributed by atoms with E-state index in [9.17, 15) is 4.79 Å². The molecule has 108 valence electrons. The van der Waals surface area contributed by atoms with Crippen molar-refractivity contribution in [1.29, 1.82) is 0 Å². The number of likely N-dealkylation sites (N-methyl/N-ethyl adjacent to an activating group) is 1. The van der Waals surface area contributed by atoms with Gasteiger partial charge in [-0.15, -0.1) is 12.4 Å². The molecule has 0 aliphatic carbocycles. The Kier molecular flexibility index (Phi) is 8.80. The third-order valence-electron chi connectivity index (χ3n) is 2.78. The van der Waals surface area contributed by atoms with Gasteiger partial charge < -0.3 is 15.4 Å². The second-order valence-corrected chi connectivity index (χ2v) is 5.06. The minimum Gasteiger partial charge on any atom is -0.493 e. The highest BCUT2D eigenvalue weighted by atomic mass is 79.9. The van der Waals surface area contributed by atoms with Gasteiger partial charge in [-0.05, 0) is 25.1 Å². The summed E-state index contributed by atoms with van der Waals surface area (Å²) >= 11 is 3.37. The lowest BCUT2D eigenvalue weighted by molar-refractivity contribution is -0.132. The molecule has 1 aromatic rings. The van der Waals surface area contributed by atoms with Gasteiger partial charge in [-0.25, -0.2) is 0 Å². The predicted octanol–water partition coefficient (Wildman–Crippen LogP) is 2.45. The lowest BCUT2D eigenvalue weighted by atomic mass is 10.2. The number of carbonyl (C=O) groups is 1. The number of rotatable bonds is 6. The molecule has 0 aliphatic heterocycles. The van der Waals surface area contributed by atoms with Crippen LogP contribution >= 0.6 is 28.3 Å². The van der Waals surface area contributed by atoms with Crippen LogP contribution in [0.5, 0.6) is 5.75 Å². The van der Waals surface area contributed by atoms with E-state index >= 15 is 0 Å². The van der Waals surface area contributed by atoms with Crippen LogP contribution in [0.25, 0.3) is 0 Å². The first kappa shape index (κ1) is 18.2. The van der Waals surface area contributed by atoms with Crippen molar-refractivity contribution in [2.24, 2.45) is 5.73 Å². The molecule has 0 aliphatic rings. The molecule has 0 spiro atoms. The lowest BCUT2D eigenvalue weighted by Crippen LogP contribution is -2.40. The maximum atomic E-state index is 11.8.